The van der Waals surface area contributed by atoms with Crippen molar-refractivity contribution in [2.24, 2.45) is 5.92 Å². The average molecular weight is 478 g/mol. The Kier molecular flexibility index (Phi) is 9.25. The van der Waals surface area contributed by atoms with Gasteiger partial charge in [0.1, 0.15) is 13.4 Å². The van der Waals surface area contributed by atoms with Crippen molar-refractivity contribution in [3.63, 3.8) is 0 Å². The zero-order chi connectivity index (χ0) is 23.7. The molecule has 8 nitrogen and oxygen atoms in total. The molecule has 0 radical (unpaired) electrons. The molecular weight excluding hydrogens is 446 g/mol. The predicted octanol–water partition coefficient (Wildman–Crippen LogP) is 3.78. The number of aryl methyl sites for hydroxylation is 1. The Morgan fingerprint density at radius 3 is 2.45 bits per heavy atom. The molecule has 2 aromatic rings. The molecule has 9 heteroatoms. The van der Waals surface area contributed by atoms with Gasteiger partial charge < -0.3 is 19.5 Å². The van der Waals surface area contributed by atoms with Gasteiger partial charge in [0.2, 0.25) is 0 Å². The molecule has 0 aliphatic heterocycles. The molecule has 2 aromatic carbocycles. The Morgan fingerprint density at radius 1 is 1.03 bits per heavy atom. The molecule has 1 saturated carbocycles. The Hall–Kier alpha value is -2.46. The van der Waals surface area contributed by atoms with Gasteiger partial charge >= 0.3 is 6.09 Å². The molecule has 1 aliphatic carbocycles. The largest absolute Gasteiger partial charge is 0.445 e. The van der Waals surface area contributed by atoms with Crippen LogP contribution in [0.3, 0.4) is 0 Å². The van der Waals surface area contributed by atoms with E-state index in [-0.39, 0.29) is 43.0 Å². The fraction of sp³-hybridized carbons (Fsp3) is 0.458. The maximum atomic E-state index is 12.6. The van der Waals surface area contributed by atoms with Crippen molar-refractivity contribution in [3.05, 3.63) is 65.7 Å². The van der Waals surface area contributed by atoms with E-state index in [1.54, 1.807) is 12.1 Å². The van der Waals surface area contributed by atoms with Crippen molar-refractivity contribution in [2.45, 2.75) is 49.8 Å². The predicted molar refractivity (Wildman–Crippen MR) is 122 cm³/mol. The first-order valence-electron chi connectivity index (χ1n) is 10.9. The number of rotatable bonds is 10. The lowest BCUT2D eigenvalue weighted by Gasteiger charge is -2.34. The van der Waals surface area contributed by atoms with Gasteiger partial charge in [-0.2, -0.15) is 8.42 Å². The second-order valence-electron chi connectivity index (χ2n) is 8.22. The molecule has 0 saturated heterocycles. The standard InChI is InChI=1S/C24H31NO7S/c1-18-8-10-23(11-9-18)33(27,28)32-16-20-12-21(14-22(13-20)31-17-29-2)25-24(26)30-15-19-6-4-3-5-7-19/h3-11,20-22H,12-17H2,1-2H3,(H,25,26)/t20-,21+,22-/m0/s1. The quantitative estimate of drug-likeness (QED) is 0.410. The summed E-state index contributed by atoms with van der Waals surface area (Å²) in [5, 5.41) is 2.87. The first kappa shape index (κ1) is 25.2. The minimum atomic E-state index is -3.87. The first-order valence-corrected chi connectivity index (χ1v) is 12.3. The lowest BCUT2D eigenvalue weighted by Crippen LogP contribution is -2.44. The zero-order valence-corrected chi connectivity index (χ0v) is 19.8. The molecule has 1 aliphatic rings. The van der Waals surface area contributed by atoms with E-state index in [0.717, 1.165) is 11.1 Å². The number of carbonyl (C=O) groups is 1. The van der Waals surface area contributed by atoms with Crippen LogP contribution >= 0.6 is 0 Å². The molecule has 0 heterocycles. The highest BCUT2D eigenvalue weighted by Gasteiger charge is 2.32. The van der Waals surface area contributed by atoms with Gasteiger partial charge in [-0.1, -0.05) is 48.0 Å². The number of hydrogen-bond donors (Lipinski definition) is 1. The van der Waals surface area contributed by atoms with Crippen LogP contribution in [0.1, 0.15) is 30.4 Å². The van der Waals surface area contributed by atoms with Gasteiger partial charge in [-0.3, -0.25) is 4.18 Å². The first-order chi connectivity index (χ1) is 15.9. The normalized spacial score (nSPS) is 20.8. The van der Waals surface area contributed by atoms with Crippen LogP contribution in [0.5, 0.6) is 0 Å². The van der Waals surface area contributed by atoms with E-state index in [1.807, 2.05) is 37.3 Å². The highest BCUT2D eigenvalue weighted by Crippen LogP contribution is 2.28. The molecule has 0 bridgehead atoms. The van der Waals surface area contributed by atoms with Crippen molar-refractivity contribution >= 4 is 16.2 Å². The summed E-state index contributed by atoms with van der Waals surface area (Å²) in [5.74, 6) is -0.125. The van der Waals surface area contributed by atoms with E-state index < -0.39 is 16.2 Å². The zero-order valence-electron chi connectivity index (χ0n) is 18.9. The minimum Gasteiger partial charge on any atom is -0.445 e. The molecule has 0 unspecified atom stereocenters. The van der Waals surface area contributed by atoms with Crippen molar-refractivity contribution in [2.75, 3.05) is 20.5 Å². The lowest BCUT2D eigenvalue weighted by atomic mass is 9.84. The molecule has 180 valence electrons. The van der Waals surface area contributed by atoms with E-state index in [9.17, 15) is 13.2 Å². The Balaban J connectivity index is 1.56. The van der Waals surface area contributed by atoms with E-state index in [4.69, 9.17) is 18.4 Å². The summed E-state index contributed by atoms with van der Waals surface area (Å²) in [4.78, 5) is 12.4. The highest BCUT2D eigenvalue weighted by atomic mass is 32.2. The number of amides is 1. The third-order valence-corrected chi connectivity index (χ3v) is 6.78. The number of benzene rings is 2. The number of methoxy groups -OCH3 is 1. The fourth-order valence-electron chi connectivity index (χ4n) is 3.82. The van der Waals surface area contributed by atoms with Crippen molar-refractivity contribution in [1.29, 1.82) is 0 Å². The van der Waals surface area contributed by atoms with Crippen LogP contribution in [0.2, 0.25) is 0 Å². The summed E-state index contributed by atoms with van der Waals surface area (Å²) in [6.45, 7) is 2.17. The van der Waals surface area contributed by atoms with E-state index >= 15 is 0 Å². The fourth-order valence-corrected chi connectivity index (χ4v) is 4.80. The Labute approximate surface area is 195 Å². The van der Waals surface area contributed by atoms with E-state index in [0.29, 0.717) is 19.3 Å². The van der Waals surface area contributed by atoms with Crippen LogP contribution in [-0.2, 0) is 35.1 Å². The summed E-state index contributed by atoms with van der Waals surface area (Å²) in [5.41, 5.74) is 1.86. The third kappa shape index (κ3) is 8.12. The summed E-state index contributed by atoms with van der Waals surface area (Å²) in [7, 11) is -2.33. The smallest absolute Gasteiger partial charge is 0.407 e. The molecule has 1 fully saturated rings. The molecule has 0 aromatic heterocycles. The number of ether oxygens (including phenoxy) is 3. The highest BCUT2D eigenvalue weighted by molar-refractivity contribution is 7.86. The van der Waals surface area contributed by atoms with Gasteiger partial charge in [0.25, 0.3) is 10.1 Å². The van der Waals surface area contributed by atoms with Crippen LogP contribution in [-0.4, -0.2) is 47.2 Å². The van der Waals surface area contributed by atoms with Gasteiger partial charge in [-0.05, 0) is 49.8 Å². The summed E-state index contributed by atoms with van der Waals surface area (Å²) < 4.78 is 46.5. The number of nitrogens with one attached hydrogen (secondary N) is 1. The number of alkyl carbamates (subject to hydrolysis) is 1. The molecule has 3 atom stereocenters. The molecule has 0 spiro atoms. The van der Waals surface area contributed by atoms with Gasteiger partial charge in [-0.15, -0.1) is 0 Å². The average Bonchev–Trinajstić information content (AvgIpc) is 2.81. The van der Waals surface area contributed by atoms with E-state index in [1.165, 1.54) is 19.2 Å². The van der Waals surface area contributed by atoms with Gasteiger partial charge in [0.15, 0.2) is 0 Å². The monoisotopic (exact) mass is 477 g/mol. The molecule has 3 rings (SSSR count). The van der Waals surface area contributed by atoms with Crippen molar-refractivity contribution in [1.82, 2.24) is 5.32 Å². The molecular formula is C24H31NO7S. The second kappa shape index (κ2) is 12.1. The third-order valence-electron chi connectivity index (χ3n) is 5.49. The van der Waals surface area contributed by atoms with Crippen LogP contribution in [0.25, 0.3) is 0 Å². The lowest BCUT2D eigenvalue weighted by molar-refractivity contribution is -0.0938. The van der Waals surface area contributed by atoms with Gasteiger partial charge in [0, 0.05) is 13.2 Å². The van der Waals surface area contributed by atoms with Gasteiger partial charge in [0.05, 0.1) is 17.6 Å². The van der Waals surface area contributed by atoms with Crippen LogP contribution in [0, 0.1) is 12.8 Å². The molecule has 33 heavy (non-hydrogen) atoms. The Morgan fingerprint density at radius 2 is 1.76 bits per heavy atom. The summed E-state index contributed by atoms with van der Waals surface area (Å²) in [6, 6.07) is 15.7. The van der Waals surface area contributed by atoms with Crippen molar-refractivity contribution in [3.8, 4) is 0 Å². The Bertz CT molecular complexity index is 980. The van der Waals surface area contributed by atoms with E-state index in [2.05, 4.69) is 5.32 Å². The van der Waals surface area contributed by atoms with Crippen LogP contribution in [0.4, 0.5) is 4.79 Å². The maximum absolute atomic E-state index is 12.6. The van der Waals surface area contributed by atoms with Crippen LogP contribution < -0.4 is 5.32 Å². The summed E-state index contributed by atoms with van der Waals surface area (Å²) >= 11 is 0. The number of hydrogen-bond acceptors (Lipinski definition) is 7. The van der Waals surface area contributed by atoms with Crippen LogP contribution in [0.15, 0.2) is 59.5 Å². The second-order valence-corrected chi connectivity index (χ2v) is 9.84. The SMILES string of the molecule is COCO[C@H]1C[C@@H](COS(=O)(=O)c2ccc(C)cc2)C[C@@H](NC(=O)OCc2ccccc2)C1. The molecule has 1 amide bonds. The topological polar surface area (TPSA) is 100 Å². The maximum Gasteiger partial charge on any atom is 0.407 e. The van der Waals surface area contributed by atoms with Crippen molar-refractivity contribution < 1.29 is 31.6 Å². The summed E-state index contributed by atoms with van der Waals surface area (Å²) in [6.07, 6.45) is 1.00. The number of carbonyl (C=O) groups excluding carboxylic acids is 1. The minimum absolute atomic E-state index is 0.000293. The molecule has 1 N–H and O–H groups in total. The van der Waals surface area contributed by atoms with Gasteiger partial charge in [-0.25, -0.2) is 4.79 Å².